The SMILES string of the molecule is C/C=C\NC(=NCc1ccc(Cl)cc1C)/C(C(=N)C(=O)OC)=C(\C)CC. The lowest BCUT2D eigenvalue weighted by atomic mass is 10.0. The van der Waals surface area contributed by atoms with Gasteiger partial charge in [-0.05, 0) is 56.7 Å². The van der Waals surface area contributed by atoms with Gasteiger partial charge in [0, 0.05) is 10.6 Å². The average Bonchev–Trinajstić information content (AvgIpc) is 2.63. The number of rotatable bonds is 7. The average molecular weight is 376 g/mol. The second-order valence-corrected chi connectivity index (χ2v) is 6.19. The zero-order chi connectivity index (χ0) is 19.7. The first-order valence-corrected chi connectivity index (χ1v) is 8.77. The van der Waals surface area contributed by atoms with Crippen molar-refractivity contribution in [2.24, 2.45) is 4.99 Å². The van der Waals surface area contributed by atoms with Gasteiger partial charge in [0.05, 0.1) is 13.7 Å². The van der Waals surface area contributed by atoms with Crippen molar-refractivity contribution in [2.75, 3.05) is 7.11 Å². The van der Waals surface area contributed by atoms with Gasteiger partial charge in [-0.25, -0.2) is 4.79 Å². The van der Waals surface area contributed by atoms with E-state index >= 15 is 0 Å². The number of halogens is 1. The highest BCUT2D eigenvalue weighted by molar-refractivity contribution is 6.49. The topological polar surface area (TPSA) is 74.5 Å². The monoisotopic (exact) mass is 375 g/mol. The molecule has 0 radical (unpaired) electrons. The molecule has 0 unspecified atom stereocenters. The van der Waals surface area contributed by atoms with Crippen LogP contribution in [0.2, 0.25) is 5.02 Å². The van der Waals surface area contributed by atoms with E-state index in [1.54, 1.807) is 6.20 Å². The molecule has 0 saturated carbocycles. The number of methoxy groups -OCH3 is 1. The van der Waals surface area contributed by atoms with E-state index in [4.69, 9.17) is 21.7 Å². The molecule has 1 rings (SSSR count). The van der Waals surface area contributed by atoms with Crippen molar-refractivity contribution in [1.82, 2.24) is 5.32 Å². The van der Waals surface area contributed by atoms with Gasteiger partial charge in [-0.2, -0.15) is 0 Å². The number of carbonyl (C=O) groups excluding carboxylic acids is 1. The summed E-state index contributed by atoms with van der Waals surface area (Å²) in [5, 5.41) is 12.0. The number of nitrogens with one attached hydrogen (secondary N) is 2. The molecule has 0 aromatic heterocycles. The molecule has 0 bridgehead atoms. The second kappa shape index (κ2) is 10.6. The first-order chi connectivity index (χ1) is 12.3. The van der Waals surface area contributed by atoms with E-state index in [0.29, 0.717) is 29.4 Å². The quantitative estimate of drug-likeness (QED) is 0.416. The Balaban J connectivity index is 3.35. The van der Waals surface area contributed by atoms with Gasteiger partial charge in [0.25, 0.3) is 0 Å². The van der Waals surface area contributed by atoms with Crippen LogP contribution in [0.5, 0.6) is 0 Å². The van der Waals surface area contributed by atoms with Crippen molar-refractivity contribution in [1.29, 1.82) is 5.41 Å². The fourth-order valence-corrected chi connectivity index (χ4v) is 2.50. The maximum Gasteiger partial charge on any atom is 0.356 e. The van der Waals surface area contributed by atoms with Gasteiger partial charge >= 0.3 is 5.97 Å². The number of carbonyl (C=O) groups is 1. The smallest absolute Gasteiger partial charge is 0.356 e. The van der Waals surface area contributed by atoms with Gasteiger partial charge in [0.1, 0.15) is 5.84 Å². The molecule has 0 aliphatic carbocycles. The number of allylic oxidation sites excluding steroid dienone is 2. The Morgan fingerprint density at radius 2 is 2.12 bits per heavy atom. The van der Waals surface area contributed by atoms with E-state index in [-0.39, 0.29) is 5.71 Å². The molecule has 0 heterocycles. The van der Waals surface area contributed by atoms with Gasteiger partial charge in [-0.15, -0.1) is 0 Å². The van der Waals surface area contributed by atoms with E-state index < -0.39 is 5.97 Å². The Labute approximate surface area is 160 Å². The molecular weight excluding hydrogens is 350 g/mol. The van der Waals surface area contributed by atoms with Gasteiger partial charge in [0.2, 0.25) is 0 Å². The lowest BCUT2D eigenvalue weighted by Gasteiger charge is -2.15. The van der Waals surface area contributed by atoms with Crippen LogP contribution < -0.4 is 5.32 Å². The normalized spacial score (nSPS) is 12.8. The van der Waals surface area contributed by atoms with Crippen molar-refractivity contribution in [3.05, 3.63) is 57.8 Å². The highest BCUT2D eigenvalue weighted by Crippen LogP contribution is 2.17. The molecule has 0 atom stereocenters. The third-order valence-electron chi connectivity index (χ3n) is 3.93. The Morgan fingerprint density at radius 3 is 2.65 bits per heavy atom. The summed E-state index contributed by atoms with van der Waals surface area (Å²) in [6.45, 7) is 8.09. The minimum atomic E-state index is -0.689. The highest BCUT2D eigenvalue weighted by Gasteiger charge is 2.21. The van der Waals surface area contributed by atoms with Crippen molar-refractivity contribution in [2.45, 2.75) is 40.7 Å². The summed E-state index contributed by atoms with van der Waals surface area (Å²) in [7, 11) is 1.27. The molecule has 0 aliphatic rings. The number of amidine groups is 1. The van der Waals surface area contributed by atoms with Crippen LogP contribution in [0.3, 0.4) is 0 Å². The molecule has 1 aromatic rings. The standard InChI is InChI=1S/C20H26ClN3O2/c1-6-10-23-19(17(13(3)7-2)18(22)20(25)26-5)24-12-15-8-9-16(21)11-14(15)4/h6,8-11,22H,7,12H2,1-5H3,(H,23,24)/b10-6-,17-13+,22-18?. The van der Waals surface area contributed by atoms with E-state index in [1.165, 1.54) is 7.11 Å². The number of hydrogen-bond acceptors (Lipinski definition) is 4. The van der Waals surface area contributed by atoms with Crippen LogP contribution in [0.15, 0.2) is 46.6 Å². The molecule has 0 aliphatic heterocycles. The highest BCUT2D eigenvalue weighted by atomic mass is 35.5. The Morgan fingerprint density at radius 1 is 1.42 bits per heavy atom. The van der Waals surface area contributed by atoms with Crippen molar-refractivity contribution < 1.29 is 9.53 Å². The van der Waals surface area contributed by atoms with Gasteiger partial charge in [-0.3, -0.25) is 10.4 Å². The van der Waals surface area contributed by atoms with E-state index in [0.717, 1.165) is 16.7 Å². The fraction of sp³-hybridized carbons (Fsp3) is 0.350. The van der Waals surface area contributed by atoms with Crippen molar-refractivity contribution in [3.8, 4) is 0 Å². The number of ether oxygens (including phenoxy) is 1. The maximum atomic E-state index is 11.9. The molecule has 5 nitrogen and oxygen atoms in total. The Hall–Kier alpha value is -2.40. The molecule has 140 valence electrons. The van der Waals surface area contributed by atoms with E-state index in [2.05, 4.69) is 10.3 Å². The van der Waals surface area contributed by atoms with Gasteiger partial charge in [0.15, 0.2) is 5.71 Å². The maximum absolute atomic E-state index is 11.9. The number of hydrogen-bond donors (Lipinski definition) is 2. The Kier molecular flexibility index (Phi) is 8.79. The summed E-state index contributed by atoms with van der Waals surface area (Å²) in [5.74, 6) is -0.224. The van der Waals surface area contributed by atoms with Gasteiger partial charge in [-0.1, -0.05) is 36.2 Å². The van der Waals surface area contributed by atoms with Crippen LogP contribution in [0, 0.1) is 12.3 Å². The first-order valence-electron chi connectivity index (χ1n) is 8.40. The molecule has 0 spiro atoms. The zero-order valence-electron chi connectivity index (χ0n) is 15.9. The number of aryl methyl sites for hydroxylation is 1. The molecule has 0 amide bonds. The minimum Gasteiger partial charge on any atom is -0.464 e. The molecule has 6 heteroatoms. The summed E-state index contributed by atoms with van der Waals surface area (Å²) in [6.07, 6.45) is 4.23. The largest absolute Gasteiger partial charge is 0.464 e. The van der Waals surface area contributed by atoms with E-state index in [9.17, 15) is 4.79 Å². The first kappa shape index (κ1) is 21.6. The summed E-state index contributed by atoms with van der Waals surface area (Å²) >= 11 is 6.01. The number of esters is 1. The van der Waals surface area contributed by atoms with Gasteiger partial charge < -0.3 is 10.1 Å². The molecule has 1 aromatic carbocycles. The van der Waals surface area contributed by atoms with Crippen LogP contribution in [-0.4, -0.2) is 24.6 Å². The Bertz CT molecular complexity index is 764. The third kappa shape index (κ3) is 5.85. The predicted octanol–water partition coefficient (Wildman–Crippen LogP) is 4.59. The number of benzene rings is 1. The predicted molar refractivity (Wildman–Crippen MR) is 108 cm³/mol. The van der Waals surface area contributed by atoms with Crippen LogP contribution >= 0.6 is 11.6 Å². The molecule has 26 heavy (non-hydrogen) atoms. The number of aliphatic imine (C=N–C) groups is 1. The number of nitrogens with zero attached hydrogens (tertiary/aromatic N) is 1. The van der Waals surface area contributed by atoms with E-state index in [1.807, 2.05) is 52.0 Å². The lowest BCUT2D eigenvalue weighted by molar-refractivity contribution is -0.132. The molecule has 0 fully saturated rings. The molecule has 0 saturated heterocycles. The zero-order valence-corrected chi connectivity index (χ0v) is 16.7. The van der Waals surface area contributed by atoms with Crippen molar-refractivity contribution >= 4 is 29.1 Å². The fourth-order valence-electron chi connectivity index (χ4n) is 2.27. The molecular formula is C20H26ClN3O2. The minimum absolute atomic E-state index is 0.213. The summed E-state index contributed by atoms with van der Waals surface area (Å²) in [5.41, 5.74) is 3.18. The third-order valence-corrected chi connectivity index (χ3v) is 4.17. The second-order valence-electron chi connectivity index (χ2n) is 5.76. The van der Waals surface area contributed by atoms with Crippen molar-refractivity contribution in [3.63, 3.8) is 0 Å². The lowest BCUT2D eigenvalue weighted by Crippen LogP contribution is -2.30. The summed E-state index contributed by atoms with van der Waals surface area (Å²) < 4.78 is 4.72. The molecule has 2 N–H and O–H groups in total. The van der Waals surface area contributed by atoms with Crippen LogP contribution in [0.25, 0.3) is 0 Å². The summed E-state index contributed by atoms with van der Waals surface area (Å²) in [4.78, 5) is 16.6. The van der Waals surface area contributed by atoms with Crippen LogP contribution in [0.1, 0.15) is 38.3 Å². The van der Waals surface area contributed by atoms with Crippen LogP contribution in [-0.2, 0) is 16.1 Å². The summed E-state index contributed by atoms with van der Waals surface area (Å²) in [6, 6.07) is 5.63. The van der Waals surface area contributed by atoms with Crippen LogP contribution in [0.4, 0.5) is 0 Å².